The molecule has 0 aromatic heterocycles. The number of nitrogens with one attached hydrogen (secondary N) is 1. The van der Waals surface area contributed by atoms with Gasteiger partial charge in [-0.2, -0.15) is 0 Å². The van der Waals surface area contributed by atoms with Gasteiger partial charge in [-0.15, -0.1) is 6.58 Å². The number of aryl methyl sites for hydroxylation is 1. The van der Waals surface area contributed by atoms with E-state index in [2.05, 4.69) is 16.8 Å². The van der Waals surface area contributed by atoms with Gasteiger partial charge in [0.05, 0.1) is 0 Å². The third kappa shape index (κ3) is 2.92. The number of anilines is 2. The first-order chi connectivity index (χ1) is 13.0. The fourth-order valence-electron chi connectivity index (χ4n) is 4.17. The number of hydrogen-bond acceptors (Lipinski definition) is 5. The van der Waals surface area contributed by atoms with Crippen molar-refractivity contribution in [3.05, 3.63) is 41.0 Å². The smallest absolute Gasteiger partial charge is 0.265 e. The highest BCUT2D eigenvalue weighted by Gasteiger charge is 2.33. The van der Waals surface area contributed by atoms with E-state index in [4.69, 9.17) is 18.0 Å². The summed E-state index contributed by atoms with van der Waals surface area (Å²) in [5, 5.41) is 2.68. The molecule has 2 amide bonds. The maximum Gasteiger partial charge on any atom is 0.265 e. The number of rotatable bonds is 3. The molecule has 140 valence electrons. The Bertz CT molecular complexity index is 904. The molecule has 1 fully saturated rings. The van der Waals surface area contributed by atoms with E-state index >= 15 is 0 Å². The summed E-state index contributed by atoms with van der Waals surface area (Å²) in [6, 6.07) is 2.03. The molecular formula is C20H22N4O2S. The third-order valence-electron chi connectivity index (χ3n) is 5.40. The largest absolute Gasteiger partial charge is 0.398 e. The molecule has 0 unspecified atom stereocenters. The lowest BCUT2D eigenvalue weighted by atomic mass is 9.88. The molecule has 0 spiro atoms. The second-order valence-electron chi connectivity index (χ2n) is 7.08. The summed E-state index contributed by atoms with van der Waals surface area (Å²) < 4.78 is 0. The topological polar surface area (TPSA) is 78.7 Å². The monoisotopic (exact) mass is 382 g/mol. The average Bonchev–Trinajstić information content (AvgIpc) is 2.66. The number of nitrogens with zero attached hydrogens (tertiary/aromatic N) is 2. The van der Waals surface area contributed by atoms with Gasteiger partial charge in [0.2, 0.25) is 0 Å². The third-order valence-corrected chi connectivity index (χ3v) is 5.72. The first kappa shape index (κ1) is 17.7. The molecule has 3 aliphatic heterocycles. The zero-order chi connectivity index (χ0) is 19.1. The second kappa shape index (κ2) is 6.81. The summed E-state index contributed by atoms with van der Waals surface area (Å²) in [6.45, 7) is 6.01. The van der Waals surface area contributed by atoms with E-state index in [1.807, 2.05) is 6.07 Å². The first-order valence-electron chi connectivity index (χ1n) is 9.20. The molecule has 0 aliphatic carbocycles. The van der Waals surface area contributed by atoms with Crippen LogP contribution in [0, 0.1) is 0 Å². The molecule has 0 atom stereocenters. The Balaban J connectivity index is 1.80. The predicted molar refractivity (Wildman–Crippen MR) is 110 cm³/mol. The average molecular weight is 382 g/mol. The molecule has 3 N–H and O–H groups in total. The number of carbonyl (C=O) groups excluding carboxylic acids is 2. The lowest BCUT2D eigenvalue weighted by molar-refractivity contribution is -0.128. The maximum atomic E-state index is 12.8. The Labute approximate surface area is 163 Å². The molecule has 0 saturated carbocycles. The minimum absolute atomic E-state index is 0.0489. The van der Waals surface area contributed by atoms with Crippen LogP contribution in [0.2, 0.25) is 0 Å². The molecule has 1 saturated heterocycles. The molecule has 0 radical (unpaired) electrons. The van der Waals surface area contributed by atoms with Crippen LogP contribution < -0.4 is 16.0 Å². The zero-order valence-electron chi connectivity index (χ0n) is 15.1. The van der Waals surface area contributed by atoms with Crippen molar-refractivity contribution in [2.24, 2.45) is 0 Å². The molecule has 3 heterocycles. The number of benzene rings is 1. The maximum absolute atomic E-state index is 12.8. The summed E-state index contributed by atoms with van der Waals surface area (Å²) in [7, 11) is 0. The van der Waals surface area contributed by atoms with E-state index in [0.29, 0.717) is 5.69 Å². The van der Waals surface area contributed by atoms with E-state index in [-0.39, 0.29) is 17.2 Å². The number of nitrogens with two attached hydrogens (primary N) is 1. The van der Waals surface area contributed by atoms with Crippen LogP contribution in [0.25, 0.3) is 6.08 Å². The SMILES string of the molecule is C=CCN1C(=O)/C(=C/c2cc3c4c(c2N)CCCN4CCC3)C(=O)NC1=S. The zero-order valence-corrected chi connectivity index (χ0v) is 15.9. The van der Waals surface area contributed by atoms with Crippen LogP contribution in [0.15, 0.2) is 24.3 Å². The number of carbonyl (C=O) groups is 2. The normalized spacial score (nSPS) is 20.6. The molecule has 7 heteroatoms. The van der Waals surface area contributed by atoms with Gasteiger partial charge in [-0.25, -0.2) is 0 Å². The first-order valence-corrected chi connectivity index (χ1v) is 9.61. The minimum Gasteiger partial charge on any atom is -0.398 e. The van der Waals surface area contributed by atoms with Crippen molar-refractivity contribution in [2.75, 3.05) is 30.3 Å². The molecular weight excluding hydrogens is 360 g/mol. The van der Waals surface area contributed by atoms with E-state index in [1.165, 1.54) is 16.2 Å². The van der Waals surface area contributed by atoms with E-state index in [0.717, 1.165) is 49.9 Å². The molecule has 4 rings (SSSR count). The van der Waals surface area contributed by atoms with Gasteiger partial charge in [-0.1, -0.05) is 6.08 Å². The van der Waals surface area contributed by atoms with Crippen molar-refractivity contribution in [2.45, 2.75) is 25.7 Å². The fraction of sp³-hybridized carbons (Fsp3) is 0.350. The second-order valence-corrected chi connectivity index (χ2v) is 7.47. The van der Waals surface area contributed by atoms with Crippen LogP contribution in [0.3, 0.4) is 0 Å². The highest BCUT2D eigenvalue weighted by molar-refractivity contribution is 7.80. The minimum atomic E-state index is -0.488. The Kier molecular flexibility index (Phi) is 4.47. The van der Waals surface area contributed by atoms with Gasteiger partial charge in [0.1, 0.15) is 5.57 Å². The number of amides is 2. The van der Waals surface area contributed by atoms with Crippen molar-refractivity contribution in [1.82, 2.24) is 10.2 Å². The van der Waals surface area contributed by atoms with Crippen molar-refractivity contribution in [3.8, 4) is 0 Å². The number of thiocarbonyl (C=S) groups is 1. The highest BCUT2D eigenvalue weighted by Crippen LogP contribution is 2.40. The summed E-state index contributed by atoms with van der Waals surface area (Å²) in [5.74, 6) is -0.909. The number of hydrogen-bond donors (Lipinski definition) is 2. The Morgan fingerprint density at radius 3 is 2.74 bits per heavy atom. The van der Waals surface area contributed by atoms with Gasteiger partial charge in [-0.05, 0) is 66.7 Å². The molecule has 0 bridgehead atoms. The Hall–Kier alpha value is -2.67. The van der Waals surface area contributed by atoms with Crippen LogP contribution in [0.1, 0.15) is 29.5 Å². The molecule has 3 aliphatic rings. The predicted octanol–water partition coefficient (Wildman–Crippen LogP) is 1.78. The Morgan fingerprint density at radius 1 is 1.26 bits per heavy atom. The summed E-state index contributed by atoms with van der Waals surface area (Å²) in [5.41, 5.74) is 11.6. The van der Waals surface area contributed by atoms with E-state index in [1.54, 1.807) is 12.2 Å². The van der Waals surface area contributed by atoms with Gasteiger partial charge >= 0.3 is 0 Å². The summed E-state index contributed by atoms with van der Waals surface area (Å²) in [4.78, 5) is 28.9. The van der Waals surface area contributed by atoms with Crippen molar-refractivity contribution in [3.63, 3.8) is 0 Å². The lowest BCUT2D eigenvalue weighted by Gasteiger charge is -2.38. The standard InChI is InChI=1S/C20H22N4O2S/c1-2-7-24-19(26)15(18(25)22-20(24)27)11-13-10-12-5-3-8-23-9-4-6-14(16(13)21)17(12)23/h2,10-11H,1,3-9,21H2,(H,22,25,27)/b15-11+. The van der Waals surface area contributed by atoms with Crippen LogP contribution >= 0.6 is 12.2 Å². The fourth-order valence-corrected chi connectivity index (χ4v) is 4.42. The summed E-state index contributed by atoms with van der Waals surface area (Å²) in [6.07, 6.45) is 7.27. The van der Waals surface area contributed by atoms with Gasteiger partial charge in [0.15, 0.2) is 5.11 Å². The quantitative estimate of drug-likeness (QED) is 0.274. The van der Waals surface area contributed by atoms with Gasteiger partial charge in [0, 0.05) is 31.0 Å². The molecule has 1 aromatic carbocycles. The molecule has 6 nitrogen and oxygen atoms in total. The molecule has 27 heavy (non-hydrogen) atoms. The Morgan fingerprint density at radius 2 is 2.00 bits per heavy atom. The van der Waals surface area contributed by atoms with Gasteiger partial charge in [0.25, 0.3) is 11.8 Å². The van der Waals surface area contributed by atoms with E-state index < -0.39 is 11.8 Å². The molecule has 1 aromatic rings. The highest BCUT2D eigenvalue weighted by atomic mass is 32.1. The lowest BCUT2D eigenvalue weighted by Crippen LogP contribution is -2.53. The van der Waals surface area contributed by atoms with Gasteiger partial charge < -0.3 is 10.6 Å². The van der Waals surface area contributed by atoms with Crippen molar-refractivity contribution in [1.29, 1.82) is 0 Å². The van der Waals surface area contributed by atoms with Crippen molar-refractivity contribution < 1.29 is 9.59 Å². The van der Waals surface area contributed by atoms with Crippen LogP contribution in [0.4, 0.5) is 11.4 Å². The van der Waals surface area contributed by atoms with Crippen molar-refractivity contribution >= 4 is 46.6 Å². The number of nitrogen functional groups attached to an aromatic ring is 1. The van der Waals surface area contributed by atoms with Crippen LogP contribution in [0.5, 0.6) is 0 Å². The van der Waals surface area contributed by atoms with Gasteiger partial charge in [-0.3, -0.25) is 19.8 Å². The van der Waals surface area contributed by atoms with Crippen LogP contribution in [-0.4, -0.2) is 41.5 Å². The summed E-state index contributed by atoms with van der Waals surface area (Å²) >= 11 is 5.10. The van der Waals surface area contributed by atoms with E-state index in [9.17, 15) is 9.59 Å². The van der Waals surface area contributed by atoms with Crippen LogP contribution in [-0.2, 0) is 22.4 Å².